The largest absolute Gasteiger partial charge is 0.524 e. The molecule has 0 aliphatic rings. The van der Waals surface area contributed by atoms with Crippen LogP contribution in [0.4, 0.5) is 13.2 Å². The zero-order valence-electron chi connectivity index (χ0n) is 27.2. The molecule has 0 aromatic heterocycles. The van der Waals surface area contributed by atoms with Crippen molar-refractivity contribution in [2.24, 2.45) is 0 Å². The Hall–Kier alpha value is -2.49. The van der Waals surface area contributed by atoms with Gasteiger partial charge in [0.1, 0.15) is 5.75 Å². The van der Waals surface area contributed by atoms with Crippen molar-refractivity contribution in [2.75, 3.05) is 6.61 Å². The minimum atomic E-state index is -5.94. The van der Waals surface area contributed by atoms with Crippen molar-refractivity contribution in [2.45, 2.75) is 130 Å². The number of alkyl halides is 3. The second-order valence-electron chi connectivity index (χ2n) is 11.8. The molecule has 0 unspecified atom stereocenters. The molecule has 3 aromatic rings. The van der Waals surface area contributed by atoms with Crippen molar-refractivity contribution >= 4 is 20.4 Å². The van der Waals surface area contributed by atoms with E-state index in [4.69, 9.17) is 8.37 Å². The molecular weight excluding hydrogens is 630 g/mol. The Labute approximate surface area is 276 Å². The zero-order valence-corrected chi connectivity index (χ0v) is 28.8. The second-order valence-corrected chi connectivity index (χ2v) is 16.2. The fraction of sp³-hybridized carbons (Fsp3) is 0.514. The molecule has 3 rings (SSSR count). The third kappa shape index (κ3) is 11.9. The maximum Gasteiger partial charge on any atom is 0.524 e. The fourth-order valence-corrected chi connectivity index (χ4v) is 10.2. The Morgan fingerprint density at radius 3 is 1.28 bits per heavy atom. The first-order chi connectivity index (χ1) is 22.2. The number of unbranched alkanes of at least 4 members (excludes halogenated alkanes) is 15. The summed E-state index contributed by atoms with van der Waals surface area (Å²) in [7, 11) is -9.25. The molecule has 0 saturated heterocycles. The first-order valence-electron chi connectivity index (χ1n) is 16.9. The molecule has 0 aliphatic carbocycles. The molecule has 0 atom stereocenters. The predicted octanol–water partition coefficient (Wildman–Crippen LogP) is 12.4. The van der Waals surface area contributed by atoms with Crippen molar-refractivity contribution in [1.29, 1.82) is 0 Å². The highest BCUT2D eigenvalue weighted by molar-refractivity contribution is 8.33. The van der Waals surface area contributed by atoms with Crippen LogP contribution in [0.3, 0.4) is 0 Å². The van der Waals surface area contributed by atoms with Crippen LogP contribution in [-0.4, -0.2) is 20.5 Å². The number of benzene rings is 3. The van der Waals surface area contributed by atoms with Gasteiger partial charge in [-0.1, -0.05) is 140 Å². The number of rotatable bonds is 23. The summed E-state index contributed by atoms with van der Waals surface area (Å²) in [6, 6.07) is 22.9. The maximum absolute atomic E-state index is 13.7. The van der Waals surface area contributed by atoms with Crippen LogP contribution in [0.15, 0.2) is 99.6 Å². The zero-order chi connectivity index (χ0) is 33.1. The van der Waals surface area contributed by atoms with Crippen LogP contribution in [0.1, 0.15) is 110 Å². The van der Waals surface area contributed by atoms with Gasteiger partial charge < -0.3 is 4.74 Å². The summed E-state index contributed by atoms with van der Waals surface area (Å²) in [5.74, 6) is 0.567. The van der Waals surface area contributed by atoms with Crippen LogP contribution in [0.25, 0.3) is 0 Å². The minimum Gasteiger partial charge on any atom is -0.494 e. The van der Waals surface area contributed by atoms with Crippen LogP contribution >= 0.6 is 10.3 Å². The average molecular weight is 681 g/mol. The third-order valence-corrected chi connectivity index (χ3v) is 13.0. The molecule has 4 nitrogen and oxygen atoms in total. The van der Waals surface area contributed by atoms with Crippen LogP contribution in [0, 0.1) is 0 Å². The Kier molecular flexibility index (Phi) is 16.5. The Balaban J connectivity index is 1.48. The highest BCUT2D eigenvalue weighted by Gasteiger charge is 2.52. The smallest absolute Gasteiger partial charge is 0.494 e. The van der Waals surface area contributed by atoms with Gasteiger partial charge in [-0.25, -0.2) is 0 Å². The molecule has 0 amide bonds. The standard InChI is InChI=1S/C37H51F3O4S2/c1-2-3-4-5-6-7-8-9-10-11-12-13-14-15-16-23-32-43-33-28-30-36(31-29-33)45(34-24-19-17-20-25-34,35-26-21-18-22-27-35)44-46(41,42)37(38,39)40/h17-22,24-31H,2-16,23,32H2,1H3. The molecule has 0 N–H and O–H groups in total. The van der Waals surface area contributed by atoms with Crippen molar-refractivity contribution in [3.63, 3.8) is 0 Å². The fourth-order valence-electron chi connectivity index (χ4n) is 5.49. The second kappa shape index (κ2) is 20.0. The van der Waals surface area contributed by atoms with Gasteiger partial charge in [-0.15, -0.1) is 0 Å². The highest BCUT2D eigenvalue weighted by atomic mass is 32.3. The van der Waals surface area contributed by atoms with Gasteiger partial charge in [0, 0.05) is 14.7 Å². The van der Waals surface area contributed by atoms with Gasteiger partial charge >= 0.3 is 15.6 Å². The van der Waals surface area contributed by atoms with Gasteiger partial charge in [0.05, 0.1) is 6.61 Å². The molecule has 0 heterocycles. The molecule has 0 saturated carbocycles. The van der Waals surface area contributed by atoms with E-state index < -0.39 is 25.9 Å². The molecule has 0 radical (unpaired) electrons. The van der Waals surface area contributed by atoms with E-state index in [1.165, 1.54) is 89.9 Å². The lowest BCUT2D eigenvalue weighted by atomic mass is 10.0. The van der Waals surface area contributed by atoms with Crippen molar-refractivity contribution in [1.82, 2.24) is 0 Å². The summed E-state index contributed by atoms with van der Waals surface area (Å²) in [6.07, 6.45) is 20.7. The van der Waals surface area contributed by atoms with E-state index in [1.807, 2.05) is 0 Å². The van der Waals surface area contributed by atoms with Crippen LogP contribution in [-0.2, 0) is 13.7 Å². The maximum atomic E-state index is 13.7. The van der Waals surface area contributed by atoms with E-state index in [0.717, 1.165) is 12.8 Å². The molecule has 46 heavy (non-hydrogen) atoms. The molecular formula is C37H51F3O4S2. The number of hydrogen-bond acceptors (Lipinski definition) is 4. The van der Waals surface area contributed by atoms with Crippen molar-refractivity contribution in [3.05, 3.63) is 84.9 Å². The van der Waals surface area contributed by atoms with Gasteiger partial charge in [-0.05, 0) is 65.3 Å². The number of hydrogen-bond donors (Lipinski definition) is 0. The Morgan fingerprint density at radius 2 is 0.891 bits per heavy atom. The predicted molar refractivity (Wildman–Crippen MR) is 183 cm³/mol. The normalized spacial score (nSPS) is 12.7. The summed E-state index contributed by atoms with van der Waals surface area (Å²) in [5.41, 5.74) is -5.58. The summed E-state index contributed by atoms with van der Waals surface area (Å²) in [4.78, 5) is 0.971. The monoisotopic (exact) mass is 680 g/mol. The lowest BCUT2D eigenvalue weighted by Gasteiger charge is -2.39. The van der Waals surface area contributed by atoms with E-state index in [-0.39, 0.29) is 0 Å². The van der Waals surface area contributed by atoms with E-state index in [1.54, 1.807) is 84.9 Å². The number of ether oxygens (including phenoxy) is 1. The SMILES string of the molecule is CCCCCCCCCCCCCCCCCCOc1ccc(S(OS(=O)(=O)C(F)(F)F)(c2ccccc2)c2ccccc2)cc1. The first kappa shape index (κ1) is 38.0. The summed E-state index contributed by atoms with van der Waals surface area (Å²) in [6.45, 7) is 2.79. The van der Waals surface area contributed by atoms with Gasteiger partial charge in [0.15, 0.2) is 0 Å². The lowest BCUT2D eigenvalue weighted by molar-refractivity contribution is -0.0496. The lowest BCUT2D eigenvalue weighted by Crippen LogP contribution is -2.27. The van der Waals surface area contributed by atoms with E-state index in [9.17, 15) is 21.6 Å². The van der Waals surface area contributed by atoms with Gasteiger partial charge in [0.2, 0.25) is 0 Å². The molecule has 256 valence electrons. The summed E-state index contributed by atoms with van der Waals surface area (Å²) in [5, 5.41) is 0. The molecule has 0 bridgehead atoms. The average Bonchev–Trinajstić information content (AvgIpc) is 3.05. The third-order valence-electron chi connectivity index (χ3n) is 8.05. The van der Waals surface area contributed by atoms with Crippen LogP contribution < -0.4 is 4.74 Å². The van der Waals surface area contributed by atoms with E-state index in [0.29, 0.717) is 27.0 Å². The molecule has 9 heteroatoms. The topological polar surface area (TPSA) is 52.6 Å². The van der Waals surface area contributed by atoms with Crippen molar-refractivity contribution < 1.29 is 30.0 Å². The number of halogens is 3. The molecule has 3 aromatic carbocycles. The molecule has 0 fully saturated rings. The molecule has 0 spiro atoms. The van der Waals surface area contributed by atoms with Crippen LogP contribution in [0.5, 0.6) is 5.75 Å². The van der Waals surface area contributed by atoms with Crippen LogP contribution in [0.2, 0.25) is 0 Å². The van der Waals surface area contributed by atoms with Gasteiger partial charge in [0.25, 0.3) is 0 Å². The van der Waals surface area contributed by atoms with Crippen molar-refractivity contribution in [3.8, 4) is 5.75 Å². The summed E-state index contributed by atoms with van der Waals surface area (Å²) >= 11 is 0. The van der Waals surface area contributed by atoms with E-state index >= 15 is 0 Å². The van der Waals surface area contributed by atoms with E-state index in [2.05, 4.69) is 6.92 Å². The molecule has 0 aliphatic heterocycles. The minimum absolute atomic E-state index is 0.312. The first-order valence-corrected chi connectivity index (χ1v) is 19.9. The quantitative estimate of drug-likeness (QED) is 0.0739. The highest BCUT2D eigenvalue weighted by Crippen LogP contribution is 2.70. The summed E-state index contributed by atoms with van der Waals surface area (Å²) < 4.78 is 77.1. The Bertz CT molecular complexity index is 1290. The van der Waals surface area contributed by atoms with Gasteiger partial charge in [-0.2, -0.15) is 25.2 Å². The van der Waals surface area contributed by atoms with Gasteiger partial charge in [-0.3, -0.25) is 0 Å². The Morgan fingerprint density at radius 1 is 0.522 bits per heavy atom.